The van der Waals surface area contributed by atoms with Gasteiger partial charge >= 0.3 is 0 Å². The van der Waals surface area contributed by atoms with Crippen molar-refractivity contribution in [3.05, 3.63) is 49.6 Å². The molecule has 0 heterocycles. The lowest BCUT2D eigenvalue weighted by molar-refractivity contribution is 1.30. The Morgan fingerprint density at radius 1 is 1.22 bits per heavy atom. The summed E-state index contributed by atoms with van der Waals surface area (Å²) in [6.07, 6.45) is 8.20. The van der Waals surface area contributed by atoms with Crippen molar-refractivity contribution in [1.82, 2.24) is 0 Å². The largest absolute Gasteiger partial charge is 0.103 e. The summed E-state index contributed by atoms with van der Waals surface area (Å²) < 4.78 is 0. The predicted molar refractivity (Wildman–Crippen MR) is 43.3 cm³/mol. The standard InChI is InChI=1S/C9H12/c1-4-7-9(6-3)8-5-2/h4-7H,1-3,8H2/b9-7+. The molecule has 0 saturated heterocycles. The van der Waals surface area contributed by atoms with Gasteiger partial charge in [0, 0.05) is 0 Å². The second kappa shape index (κ2) is 5.10. The van der Waals surface area contributed by atoms with Crippen molar-refractivity contribution >= 4 is 0 Å². The highest BCUT2D eigenvalue weighted by Crippen LogP contribution is 2.01. The lowest BCUT2D eigenvalue weighted by Gasteiger charge is -1.90. The highest BCUT2D eigenvalue weighted by molar-refractivity contribution is 5.22. The first kappa shape index (κ1) is 7.96. The molecule has 0 aromatic carbocycles. The minimum Gasteiger partial charge on any atom is -0.103 e. The van der Waals surface area contributed by atoms with Crippen LogP contribution in [0.25, 0.3) is 0 Å². The average molecular weight is 120 g/mol. The summed E-state index contributed by atoms with van der Waals surface area (Å²) in [5, 5.41) is 0. The summed E-state index contributed by atoms with van der Waals surface area (Å²) in [5.74, 6) is 0. The second-order valence-electron chi connectivity index (χ2n) is 1.67. The van der Waals surface area contributed by atoms with E-state index in [2.05, 4.69) is 19.7 Å². The normalized spacial score (nSPS) is 10.4. The van der Waals surface area contributed by atoms with Gasteiger partial charge in [-0.3, -0.25) is 0 Å². The van der Waals surface area contributed by atoms with Crippen LogP contribution in [0.5, 0.6) is 0 Å². The van der Waals surface area contributed by atoms with E-state index in [0.29, 0.717) is 0 Å². The summed E-state index contributed by atoms with van der Waals surface area (Å²) in [5.41, 5.74) is 1.15. The van der Waals surface area contributed by atoms with Crippen LogP contribution in [-0.4, -0.2) is 0 Å². The van der Waals surface area contributed by atoms with Crippen molar-refractivity contribution in [2.75, 3.05) is 0 Å². The van der Waals surface area contributed by atoms with Crippen LogP contribution in [0.15, 0.2) is 49.6 Å². The number of hydrogen-bond acceptors (Lipinski definition) is 0. The molecule has 0 aliphatic carbocycles. The molecular formula is C9H12. The van der Waals surface area contributed by atoms with Crippen LogP contribution in [0.1, 0.15) is 6.42 Å². The van der Waals surface area contributed by atoms with Crippen LogP contribution in [-0.2, 0) is 0 Å². The molecule has 0 aliphatic heterocycles. The third kappa shape index (κ3) is 3.53. The van der Waals surface area contributed by atoms with E-state index in [4.69, 9.17) is 0 Å². The Hall–Kier alpha value is -1.04. The van der Waals surface area contributed by atoms with Crippen molar-refractivity contribution in [3.8, 4) is 0 Å². The molecule has 0 aliphatic rings. The zero-order chi connectivity index (χ0) is 7.11. The van der Waals surface area contributed by atoms with Gasteiger partial charge in [-0.1, -0.05) is 37.5 Å². The Morgan fingerprint density at radius 3 is 2.22 bits per heavy atom. The fraction of sp³-hybridized carbons (Fsp3) is 0.111. The van der Waals surface area contributed by atoms with Gasteiger partial charge in [0.05, 0.1) is 0 Å². The minimum atomic E-state index is 0.871. The Labute approximate surface area is 56.9 Å². The predicted octanol–water partition coefficient (Wildman–Crippen LogP) is 2.86. The van der Waals surface area contributed by atoms with Crippen LogP contribution in [0.4, 0.5) is 0 Å². The first-order valence-electron chi connectivity index (χ1n) is 2.90. The molecule has 0 rings (SSSR count). The average Bonchev–Trinajstić information content (AvgIpc) is 1.88. The van der Waals surface area contributed by atoms with Gasteiger partial charge in [0.1, 0.15) is 0 Å². The molecule has 0 nitrogen and oxygen atoms in total. The van der Waals surface area contributed by atoms with E-state index in [9.17, 15) is 0 Å². The molecular weight excluding hydrogens is 108 g/mol. The zero-order valence-electron chi connectivity index (χ0n) is 5.64. The van der Waals surface area contributed by atoms with Crippen LogP contribution < -0.4 is 0 Å². The third-order valence-corrected chi connectivity index (χ3v) is 0.974. The number of hydrogen-bond donors (Lipinski definition) is 0. The van der Waals surface area contributed by atoms with Crippen molar-refractivity contribution in [2.24, 2.45) is 0 Å². The van der Waals surface area contributed by atoms with Gasteiger partial charge in [-0.05, 0) is 12.0 Å². The van der Waals surface area contributed by atoms with Gasteiger partial charge in [-0.15, -0.1) is 6.58 Å². The van der Waals surface area contributed by atoms with E-state index < -0.39 is 0 Å². The lowest BCUT2D eigenvalue weighted by Crippen LogP contribution is -1.70. The topological polar surface area (TPSA) is 0 Å². The maximum Gasteiger partial charge on any atom is -0.0100 e. The van der Waals surface area contributed by atoms with Gasteiger partial charge in [0.2, 0.25) is 0 Å². The Bertz CT molecular complexity index is 138. The van der Waals surface area contributed by atoms with Gasteiger partial charge < -0.3 is 0 Å². The van der Waals surface area contributed by atoms with Crippen molar-refractivity contribution in [2.45, 2.75) is 6.42 Å². The van der Waals surface area contributed by atoms with Gasteiger partial charge in [0.25, 0.3) is 0 Å². The fourth-order valence-electron chi connectivity index (χ4n) is 0.537. The van der Waals surface area contributed by atoms with Crippen LogP contribution in [0.2, 0.25) is 0 Å². The van der Waals surface area contributed by atoms with Gasteiger partial charge in [-0.2, -0.15) is 0 Å². The molecule has 0 aromatic heterocycles. The summed E-state index contributed by atoms with van der Waals surface area (Å²) in [6, 6.07) is 0. The first-order chi connectivity index (χ1) is 4.35. The molecule has 0 fully saturated rings. The minimum absolute atomic E-state index is 0.871. The van der Waals surface area contributed by atoms with E-state index in [-0.39, 0.29) is 0 Å². The molecule has 0 saturated carbocycles. The highest BCUT2D eigenvalue weighted by Gasteiger charge is 1.81. The van der Waals surface area contributed by atoms with Crippen LogP contribution in [0.3, 0.4) is 0 Å². The molecule has 9 heavy (non-hydrogen) atoms. The van der Waals surface area contributed by atoms with Crippen LogP contribution in [0, 0.1) is 0 Å². The van der Waals surface area contributed by atoms with Gasteiger partial charge in [0.15, 0.2) is 0 Å². The second-order valence-corrected chi connectivity index (χ2v) is 1.67. The Balaban J connectivity index is 3.95. The Morgan fingerprint density at radius 2 is 1.89 bits per heavy atom. The molecule has 0 radical (unpaired) electrons. The van der Waals surface area contributed by atoms with Crippen molar-refractivity contribution in [3.63, 3.8) is 0 Å². The highest BCUT2D eigenvalue weighted by atomic mass is 13.9. The quantitative estimate of drug-likeness (QED) is 0.395. The molecule has 48 valence electrons. The summed E-state index contributed by atoms with van der Waals surface area (Å²) in [6.45, 7) is 10.8. The van der Waals surface area contributed by atoms with Crippen molar-refractivity contribution in [1.29, 1.82) is 0 Å². The first-order valence-corrected chi connectivity index (χ1v) is 2.90. The molecule has 0 atom stereocenters. The zero-order valence-corrected chi connectivity index (χ0v) is 5.64. The van der Waals surface area contributed by atoms with E-state index in [1.54, 1.807) is 6.08 Å². The van der Waals surface area contributed by atoms with E-state index >= 15 is 0 Å². The molecule has 0 amide bonds. The number of allylic oxidation sites excluding steroid dienone is 5. The molecule has 0 spiro atoms. The monoisotopic (exact) mass is 120 g/mol. The molecule has 0 aromatic rings. The van der Waals surface area contributed by atoms with E-state index in [0.717, 1.165) is 12.0 Å². The van der Waals surface area contributed by atoms with Crippen LogP contribution >= 0.6 is 0 Å². The van der Waals surface area contributed by atoms with Gasteiger partial charge in [-0.25, -0.2) is 0 Å². The summed E-state index contributed by atoms with van der Waals surface area (Å²) in [4.78, 5) is 0. The summed E-state index contributed by atoms with van der Waals surface area (Å²) in [7, 11) is 0. The molecule has 0 unspecified atom stereocenters. The van der Waals surface area contributed by atoms with E-state index in [1.807, 2.05) is 18.2 Å². The molecule has 0 N–H and O–H groups in total. The maximum absolute atomic E-state index is 3.63. The smallest absolute Gasteiger partial charge is 0.0100 e. The third-order valence-electron chi connectivity index (χ3n) is 0.974. The Kier molecular flexibility index (Phi) is 4.51. The molecule has 0 heteroatoms. The SMILES string of the molecule is C=C/C=C(\C=C)CC=C. The maximum atomic E-state index is 3.63. The fourth-order valence-corrected chi connectivity index (χ4v) is 0.537. The molecule has 0 bridgehead atoms. The van der Waals surface area contributed by atoms with E-state index in [1.165, 1.54) is 0 Å². The number of rotatable bonds is 4. The summed E-state index contributed by atoms with van der Waals surface area (Å²) >= 11 is 0. The van der Waals surface area contributed by atoms with Crippen molar-refractivity contribution < 1.29 is 0 Å². The lowest BCUT2D eigenvalue weighted by atomic mass is 10.2.